The Balaban J connectivity index is 1.88. The molecule has 2 aliphatic rings. The number of piperidine rings is 1. The van der Waals surface area contributed by atoms with E-state index < -0.39 is 5.60 Å². The molecule has 23 heavy (non-hydrogen) atoms. The van der Waals surface area contributed by atoms with Crippen molar-refractivity contribution in [3.8, 4) is 11.5 Å². The number of methoxy groups -OCH3 is 1. The highest BCUT2D eigenvalue weighted by atomic mass is 16.5. The van der Waals surface area contributed by atoms with Gasteiger partial charge in [-0.1, -0.05) is 6.42 Å². The number of benzene rings is 1. The molecule has 4 heteroatoms. The zero-order valence-electron chi connectivity index (χ0n) is 14.5. The number of likely N-dealkylation sites (tertiary alicyclic amines) is 1. The number of hydrogen-bond acceptors (Lipinski definition) is 4. The van der Waals surface area contributed by atoms with Gasteiger partial charge in [-0.3, -0.25) is 4.79 Å². The minimum atomic E-state index is -0.448. The summed E-state index contributed by atoms with van der Waals surface area (Å²) < 4.78 is 11.7. The Hall–Kier alpha value is -1.55. The number of fused-ring (bicyclic) bond motifs is 1. The summed E-state index contributed by atoms with van der Waals surface area (Å²) in [6.07, 6.45) is 5.19. The fourth-order valence-corrected chi connectivity index (χ4v) is 3.62. The fraction of sp³-hybridized carbons (Fsp3) is 0.632. The Morgan fingerprint density at radius 3 is 2.65 bits per heavy atom. The van der Waals surface area contributed by atoms with E-state index in [9.17, 15) is 4.79 Å². The summed E-state index contributed by atoms with van der Waals surface area (Å²) in [5.41, 5.74) is 1.30. The van der Waals surface area contributed by atoms with Crippen LogP contribution in [-0.2, 0) is 6.42 Å². The monoisotopic (exact) mass is 317 g/mol. The molecular formula is C19H27NO3. The summed E-state index contributed by atoms with van der Waals surface area (Å²) in [7, 11) is 1.68. The molecule has 0 saturated carbocycles. The predicted molar refractivity (Wildman–Crippen MR) is 90.6 cm³/mol. The van der Waals surface area contributed by atoms with Crippen LogP contribution in [0.1, 0.15) is 55.5 Å². The second-order valence-corrected chi connectivity index (χ2v) is 7.24. The van der Waals surface area contributed by atoms with Crippen molar-refractivity contribution in [2.45, 2.75) is 51.6 Å². The number of carbonyl (C=O) groups is 1. The van der Waals surface area contributed by atoms with Crippen molar-refractivity contribution >= 4 is 5.78 Å². The first-order chi connectivity index (χ1) is 11.0. The first kappa shape index (κ1) is 16.3. The van der Waals surface area contributed by atoms with Gasteiger partial charge in [-0.25, -0.2) is 0 Å². The zero-order chi connectivity index (χ0) is 16.4. The van der Waals surface area contributed by atoms with Gasteiger partial charge in [0.2, 0.25) is 0 Å². The van der Waals surface area contributed by atoms with Crippen LogP contribution in [0.4, 0.5) is 0 Å². The summed E-state index contributed by atoms with van der Waals surface area (Å²) in [5.74, 6) is 1.73. The number of rotatable bonds is 4. The normalized spacial score (nSPS) is 20.7. The maximum atomic E-state index is 12.4. The Kier molecular flexibility index (Phi) is 4.62. The zero-order valence-corrected chi connectivity index (χ0v) is 14.5. The highest BCUT2D eigenvalue weighted by molar-refractivity contribution is 6.01. The van der Waals surface area contributed by atoms with E-state index in [-0.39, 0.29) is 5.78 Å². The van der Waals surface area contributed by atoms with Crippen LogP contribution in [-0.4, -0.2) is 43.0 Å². The topological polar surface area (TPSA) is 38.8 Å². The molecular weight excluding hydrogens is 290 g/mol. The van der Waals surface area contributed by atoms with Gasteiger partial charge in [0.1, 0.15) is 17.1 Å². The highest BCUT2D eigenvalue weighted by Crippen LogP contribution is 2.40. The van der Waals surface area contributed by atoms with Gasteiger partial charge >= 0.3 is 0 Å². The number of ketones is 1. The van der Waals surface area contributed by atoms with Gasteiger partial charge in [-0.2, -0.15) is 0 Å². The highest BCUT2D eigenvalue weighted by Gasteiger charge is 2.34. The summed E-state index contributed by atoms with van der Waals surface area (Å²) in [6, 6.07) is 3.75. The Bertz CT molecular complexity index is 589. The van der Waals surface area contributed by atoms with Gasteiger partial charge < -0.3 is 14.4 Å². The van der Waals surface area contributed by atoms with Crippen molar-refractivity contribution in [1.82, 2.24) is 4.90 Å². The standard InChI is InChI=1S/C19H27NO3/c1-19(2)13-16(21)14-7-8-17(22-3)15(18(14)23-19)9-12-20-10-5-4-6-11-20/h7-8H,4-6,9-13H2,1-3H3. The lowest BCUT2D eigenvalue weighted by Gasteiger charge is -2.34. The smallest absolute Gasteiger partial charge is 0.170 e. The number of carbonyl (C=O) groups excluding carboxylic acids is 1. The van der Waals surface area contributed by atoms with Gasteiger partial charge in [0.05, 0.1) is 19.1 Å². The van der Waals surface area contributed by atoms with E-state index in [1.807, 2.05) is 26.0 Å². The average molecular weight is 317 g/mol. The maximum Gasteiger partial charge on any atom is 0.170 e. The van der Waals surface area contributed by atoms with E-state index in [1.54, 1.807) is 7.11 Å². The number of ether oxygens (including phenoxy) is 2. The molecule has 0 N–H and O–H groups in total. The van der Waals surface area contributed by atoms with Crippen molar-refractivity contribution in [3.05, 3.63) is 23.3 Å². The molecule has 0 unspecified atom stereocenters. The number of Topliss-reactive ketones (excluding diaryl/α,β-unsaturated/α-hetero) is 1. The summed E-state index contributed by atoms with van der Waals surface area (Å²) >= 11 is 0. The molecule has 126 valence electrons. The third-order valence-corrected chi connectivity index (χ3v) is 4.83. The van der Waals surface area contributed by atoms with Gasteiger partial charge in [0.25, 0.3) is 0 Å². The van der Waals surface area contributed by atoms with Crippen molar-refractivity contribution in [3.63, 3.8) is 0 Å². The average Bonchev–Trinajstić information content (AvgIpc) is 2.52. The molecule has 0 bridgehead atoms. The molecule has 2 heterocycles. The first-order valence-electron chi connectivity index (χ1n) is 8.64. The van der Waals surface area contributed by atoms with Crippen molar-refractivity contribution in [2.75, 3.05) is 26.7 Å². The third kappa shape index (κ3) is 3.52. The van der Waals surface area contributed by atoms with E-state index in [4.69, 9.17) is 9.47 Å². The van der Waals surface area contributed by atoms with Crippen LogP contribution in [0.2, 0.25) is 0 Å². The number of nitrogens with zero attached hydrogens (tertiary/aromatic N) is 1. The molecule has 0 amide bonds. The van der Waals surface area contributed by atoms with Crippen LogP contribution in [0.5, 0.6) is 11.5 Å². The van der Waals surface area contributed by atoms with Gasteiger partial charge in [-0.15, -0.1) is 0 Å². The Labute approximate surface area is 138 Å². The molecule has 2 aliphatic heterocycles. The summed E-state index contributed by atoms with van der Waals surface area (Å²) in [6.45, 7) is 7.28. The summed E-state index contributed by atoms with van der Waals surface area (Å²) in [4.78, 5) is 14.9. The molecule has 0 radical (unpaired) electrons. The van der Waals surface area contributed by atoms with Gasteiger partial charge in [0, 0.05) is 12.1 Å². The molecule has 1 fully saturated rings. The molecule has 1 saturated heterocycles. The second-order valence-electron chi connectivity index (χ2n) is 7.24. The molecule has 4 nitrogen and oxygen atoms in total. The van der Waals surface area contributed by atoms with Crippen LogP contribution in [0.25, 0.3) is 0 Å². The lowest BCUT2D eigenvalue weighted by molar-refractivity contribution is 0.0610. The Morgan fingerprint density at radius 2 is 1.96 bits per heavy atom. The lowest BCUT2D eigenvalue weighted by atomic mass is 9.90. The lowest BCUT2D eigenvalue weighted by Crippen LogP contribution is -2.37. The molecule has 3 rings (SSSR count). The van der Waals surface area contributed by atoms with Gasteiger partial charge in [0.15, 0.2) is 5.78 Å². The first-order valence-corrected chi connectivity index (χ1v) is 8.64. The van der Waals surface area contributed by atoms with Crippen LogP contribution in [0.15, 0.2) is 12.1 Å². The minimum absolute atomic E-state index is 0.165. The van der Waals surface area contributed by atoms with E-state index >= 15 is 0 Å². The Morgan fingerprint density at radius 1 is 1.22 bits per heavy atom. The van der Waals surface area contributed by atoms with E-state index in [2.05, 4.69) is 4.90 Å². The van der Waals surface area contributed by atoms with E-state index in [1.165, 1.54) is 32.4 Å². The quantitative estimate of drug-likeness (QED) is 0.852. The number of hydrogen-bond donors (Lipinski definition) is 0. The van der Waals surface area contributed by atoms with Crippen molar-refractivity contribution in [1.29, 1.82) is 0 Å². The second kappa shape index (κ2) is 6.52. The van der Waals surface area contributed by atoms with E-state index in [0.29, 0.717) is 12.0 Å². The largest absolute Gasteiger partial charge is 0.496 e. The molecule has 0 atom stereocenters. The molecule has 1 aromatic rings. The van der Waals surface area contributed by atoms with Crippen molar-refractivity contribution < 1.29 is 14.3 Å². The molecule has 0 aliphatic carbocycles. The molecule has 1 aromatic carbocycles. The van der Waals surface area contributed by atoms with Crippen LogP contribution >= 0.6 is 0 Å². The SMILES string of the molecule is COc1ccc2c(c1CCN1CCCCC1)OC(C)(C)CC2=O. The maximum absolute atomic E-state index is 12.4. The molecule has 0 spiro atoms. The molecule has 0 aromatic heterocycles. The van der Waals surface area contributed by atoms with Crippen LogP contribution in [0.3, 0.4) is 0 Å². The van der Waals surface area contributed by atoms with Crippen LogP contribution in [0, 0.1) is 0 Å². The summed E-state index contributed by atoms with van der Waals surface area (Å²) in [5, 5.41) is 0. The van der Waals surface area contributed by atoms with Gasteiger partial charge in [-0.05, 0) is 58.3 Å². The van der Waals surface area contributed by atoms with Crippen LogP contribution < -0.4 is 9.47 Å². The van der Waals surface area contributed by atoms with Crippen molar-refractivity contribution in [2.24, 2.45) is 0 Å². The third-order valence-electron chi connectivity index (χ3n) is 4.83. The predicted octanol–water partition coefficient (Wildman–Crippen LogP) is 3.47. The minimum Gasteiger partial charge on any atom is -0.496 e. The van der Waals surface area contributed by atoms with E-state index in [0.717, 1.165) is 30.0 Å². The fourth-order valence-electron chi connectivity index (χ4n) is 3.62.